The quantitative estimate of drug-likeness (QED) is 0.809. The van der Waals surface area contributed by atoms with Crippen molar-refractivity contribution in [1.82, 2.24) is 14.8 Å². The number of carbonyl (C=O) groups excluding carboxylic acids is 2. The van der Waals surface area contributed by atoms with Gasteiger partial charge in [0.05, 0.1) is 11.7 Å². The monoisotopic (exact) mass is 430 g/mol. The molecule has 1 atom stereocenters. The van der Waals surface area contributed by atoms with Gasteiger partial charge in [0, 0.05) is 48.6 Å². The summed E-state index contributed by atoms with van der Waals surface area (Å²) in [6.07, 6.45) is 4.10. The van der Waals surface area contributed by atoms with Gasteiger partial charge >= 0.3 is 0 Å². The number of anilines is 1. The summed E-state index contributed by atoms with van der Waals surface area (Å²) < 4.78 is 0.857. The second-order valence-electron chi connectivity index (χ2n) is 6.56. The van der Waals surface area contributed by atoms with E-state index in [0.717, 1.165) is 23.1 Å². The third kappa shape index (κ3) is 4.93. The molecule has 0 saturated carbocycles. The van der Waals surface area contributed by atoms with Crippen LogP contribution in [0.15, 0.2) is 53.3 Å². The zero-order valence-corrected chi connectivity index (χ0v) is 16.9. The highest BCUT2D eigenvalue weighted by molar-refractivity contribution is 9.10. The molecule has 2 amide bonds. The number of hydrogen-bond acceptors (Lipinski definition) is 4. The number of nitrogens with one attached hydrogen (secondary N) is 1. The van der Waals surface area contributed by atoms with Gasteiger partial charge in [-0.15, -0.1) is 0 Å². The van der Waals surface area contributed by atoms with Crippen molar-refractivity contribution < 1.29 is 9.59 Å². The number of nitrogens with zero attached hydrogens (tertiary/aromatic N) is 3. The molecule has 0 bridgehead atoms. The minimum absolute atomic E-state index is 0.0181. The van der Waals surface area contributed by atoms with E-state index in [1.54, 1.807) is 24.5 Å². The zero-order chi connectivity index (χ0) is 19.2. The van der Waals surface area contributed by atoms with Gasteiger partial charge in [-0.1, -0.05) is 12.1 Å². The van der Waals surface area contributed by atoms with Crippen LogP contribution in [-0.4, -0.2) is 58.8 Å². The molecule has 3 rings (SSSR count). The minimum Gasteiger partial charge on any atom is -0.337 e. The molecule has 1 N–H and O–H groups in total. The third-order valence-electron chi connectivity index (χ3n) is 4.80. The predicted octanol–water partition coefficient (Wildman–Crippen LogP) is 3.02. The lowest BCUT2D eigenvalue weighted by atomic mass is 10.2. The standard InChI is InChI=1S/C20H23BrN4O2/c1-15(19(26)23-18-6-3-2-5-17(18)21)24-11-4-12-25(14-13-24)20(27)16-7-9-22-10-8-16/h2-3,5-10,15H,4,11-14H2,1H3,(H,23,26). The van der Waals surface area contributed by atoms with Gasteiger partial charge in [-0.2, -0.15) is 0 Å². The molecule has 0 aliphatic carbocycles. The van der Waals surface area contributed by atoms with E-state index >= 15 is 0 Å². The summed E-state index contributed by atoms with van der Waals surface area (Å²) in [7, 11) is 0. The Hall–Kier alpha value is -2.25. The first-order valence-electron chi connectivity index (χ1n) is 9.05. The second kappa shape index (κ2) is 9.10. The van der Waals surface area contributed by atoms with Crippen LogP contribution in [0, 0.1) is 0 Å². The van der Waals surface area contributed by atoms with E-state index in [9.17, 15) is 9.59 Å². The number of halogens is 1. The Balaban J connectivity index is 1.59. The van der Waals surface area contributed by atoms with Crippen LogP contribution in [0.5, 0.6) is 0 Å². The normalized spacial score (nSPS) is 16.4. The van der Waals surface area contributed by atoms with Gasteiger partial charge in [0.25, 0.3) is 5.91 Å². The molecule has 1 fully saturated rings. The average Bonchev–Trinajstić information content (AvgIpc) is 2.95. The topological polar surface area (TPSA) is 65.5 Å². The van der Waals surface area contributed by atoms with Crippen molar-refractivity contribution in [2.45, 2.75) is 19.4 Å². The lowest BCUT2D eigenvalue weighted by molar-refractivity contribution is -0.120. The maximum atomic E-state index is 12.7. The average molecular weight is 431 g/mol. The number of pyridine rings is 1. The second-order valence-corrected chi connectivity index (χ2v) is 7.42. The Morgan fingerprint density at radius 3 is 2.56 bits per heavy atom. The number of carbonyl (C=O) groups is 2. The zero-order valence-electron chi connectivity index (χ0n) is 15.3. The molecule has 7 heteroatoms. The molecule has 2 heterocycles. The molecule has 2 aromatic rings. The van der Waals surface area contributed by atoms with Crippen LogP contribution >= 0.6 is 15.9 Å². The van der Waals surface area contributed by atoms with Crippen LogP contribution < -0.4 is 5.32 Å². The molecule has 1 saturated heterocycles. The lowest BCUT2D eigenvalue weighted by Crippen LogP contribution is -2.44. The summed E-state index contributed by atoms with van der Waals surface area (Å²) in [6.45, 7) is 4.66. The fourth-order valence-electron chi connectivity index (χ4n) is 3.17. The molecule has 0 spiro atoms. The fourth-order valence-corrected chi connectivity index (χ4v) is 3.55. The van der Waals surface area contributed by atoms with E-state index in [1.807, 2.05) is 36.1 Å². The van der Waals surface area contributed by atoms with Crippen LogP contribution in [0.2, 0.25) is 0 Å². The summed E-state index contributed by atoms with van der Waals surface area (Å²) in [5.41, 5.74) is 1.41. The highest BCUT2D eigenvalue weighted by atomic mass is 79.9. The SMILES string of the molecule is CC(C(=O)Nc1ccccc1Br)N1CCCN(C(=O)c2ccncc2)CC1. The van der Waals surface area contributed by atoms with Gasteiger partial charge in [-0.25, -0.2) is 0 Å². The minimum atomic E-state index is -0.270. The number of para-hydroxylation sites is 1. The summed E-state index contributed by atoms with van der Waals surface area (Å²) in [6, 6.07) is 10.8. The number of rotatable bonds is 4. The predicted molar refractivity (Wildman–Crippen MR) is 109 cm³/mol. The Bertz CT molecular complexity index is 800. The molecule has 1 aromatic carbocycles. The molecular weight excluding hydrogens is 408 g/mol. The van der Waals surface area contributed by atoms with Crippen LogP contribution in [0.25, 0.3) is 0 Å². The number of benzene rings is 1. The summed E-state index contributed by atoms with van der Waals surface area (Å²) in [5, 5.41) is 2.97. The molecule has 142 valence electrons. The van der Waals surface area contributed by atoms with Crippen molar-refractivity contribution in [1.29, 1.82) is 0 Å². The van der Waals surface area contributed by atoms with Crippen molar-refractivity contribution in [2.75, 3.05) is 31.5 Å². The van der Waals surface area contributed by atoms with Gasteiger partial charge in [-0.3, -0.25) is 19.5 Å². The molecule has 1 aliphatic rings. The van der Waals surface area contributed by atoms with E-state index < -0.39 is 0 Å². The van der Waals surface area contributed by atoms with Crippen molar-refractivity contribution in [3.8, 4) is 0 Å². The van der Waals surface area contributed by atoms with Crippen molar-refractivity contribution in [3.63, 3.8) is 0 Å². The van der Waals surface area contributed by atoms with Gasteiger partial charge in [0.15, 0.2) is 0 Å². The number of hydrogen-bond donors (Lipinski definition) is 1. The first kappa shape index (κ1) is 19.5. The van der Waals surface area contributed by atoms with E-state index in [2.05, 4.69) is 31.1 Å². The Morgan fingerprint density at radius 1 is 1.07 bits per heavy atom. The van der Waals surface area contributed by atoms with Crippen molar-refractivity contribution >= 4 is 33.4 Å². The fraction of sp³-hybridized carbons (Fsp3) is 0.350. The molecule has 1 aromatic heterocycles. The van der Waals surface area contributed by atoms with E-state index in [-0.39, 0.29) is 17.9 Å². The van der Waals surface area contributed by atoms with E-state index in [4.69, 9.17) is 0 Å². The Kier molecular flexibility index (Phi) is 6.58. The van der Waals surface area contributed by atoms with Crippen molar-refractivity contribution in [2.24, 2.45) is 0 Å². The summed E-state index contributed by atoms with van der Waals surface area (Å²) in [4.78, 5) is 33.2. The molecule has 6 nitrogen and oxygen atoms in total. The smallest absolute Gasteiger partial charge is 0.254 e. The van der Waals surface area contributed by atoms with Crippen molar-refractivity contribution in [3.05, 3.63) is 58.8 Å². The Labute approximate surface area is 167 Å². The third-order valence-corrected chi connectivity index (χ3v) is 5.50. The van der Waals surface area contributed by atoms with Crippen LogP contribution in [0.3, 0.4) is 0 Å². The first-order chi connectivity index (χ1) is 13.1. The van der Waals surface area contributed by atoms with E-state index in [0.29, 0.717) is 25.2 Å². The van der Waals surface area contributed by atoms with Gasteiger partial charge in [0.2, 0.25) is 5.91 Å². The number of aromatic nitrogens is 1. The van der Waals surface area contributed by atoms with E-state index in [1.165, 1.54) is 0 Å². The molecule has 0 radical (unpaired) electrons. The van der Waals surface area contributed by atoms with Crippen LogP contribution in [-0.2, 0) is 4.79 Å². The van der Waals surface area contributed by atoms with Gasteiger partial charge in [0.1, 0.15) is 0 Å². The summed E-state index contributed by atoms with van der Waals surface area (Å²) >= 11 is 3.45. The van der Waals surface area contributed by atoms with Crippen LogP contribution in [0.4, 0.5) is 5.69 Å². The lowest BCUT2D eigenvalue weighted by Gasteiger charge is -2.27. The first-order valence-corrected chi connectivity index (χ1v) is 9.84. The van der Waals surface area contributed by atoms with Gasteiger partial charge < -0.3 is 10.2 Å². The number of amides is 2. The van der Waals surface area contributed by atoms with Gasteiger partial charge in [-0.05, 0) is 53.5 Å². The molecular formula is C20H23BrN4O2. The highest BCUT2D eigenvalue weighted by Crippen LogP contribution is 2.22. The Morgan fingerprint density at radius 2 is 1.81 bits per heavy atom. The molecule has 27 heavy (non-hydrogen) atoms. The van der Waals surface area contributed by atoms with Crippen LogP contribution in [0.1, 0.15) is 23.7 Å². The molecule has 1 unspecified atom stereocenters. The maximum absolute atomic E-state index is 12.7. The summed E-state index contributed by atoms with van der Waals surface area (Å²) in [5.74, 6) is -0.0274. The largest absolute Gasteiger partial charge is 0.337 e. The maximum Gasteiger partial charge on any atom is 0.254 e. The highest BCUT2D eigenvalue weighted by Gasteiger charge is 2.26. The molecule has 1 aliphatic heterocycles.